The molecule has 172 valence electrons. The highest BCUT2D eigenvalue weighted by Gasteiger charge is 2.60. The number of aromatic nitrogens is 1. The molecule has 6 rings (SSSR count). The van der Waals surface area contributed by atoms with E-state index in [1.807, 2.05) is 30.0 Å². The van der Waals surface area contributed by atoms with Crippen LogP contribution in [0.15, 0.2) is 42.0 Å². The Kier molecular flexibility index (Phi) is 4.66. The molecule has 1 aromatic heterocycles. The molecule has 33 heavy (non-hydrogen) atoms. The van der Waals surface area contributed by atoms with E-state index in [2.05, 4.69) is 28.5 Å². The highest BCUT2D eigenvalue weighted by atomic mass is 16.5. The Morgan fingerprint density at radius 1 is 1.24 bits per heavy atom. The van der Waals surface area contributed by atoms with Gasteiger partial charge in [0.2, 0.25) is 0 Å². The van der Waals surface area contributed by atoms with E-state index >= 15 is 0 Å². The second kappa shape index (κ2) is 7.48. The van der Waals surface area contributed by atoms with Crippen LogP contribution in [-0.2, 0) is 11.2 Å². The molecule has 3 heterocycles. The zero-order chi connectivity index (χ0) is 22.7. The third kappa shape index (κ3) is 3.13. The number of H-pyrrole nitrogens is 1. The van der Waals surface area contributed by atoms with E-state index in [9.17, 15) is 9.59 Å². The first-order chi connectivity index (χ1) is 16.0. The van der Waals surface area contributed by atoms with Crippen molar-refractivity contribution in [2.24, 2.45) is 0 Å². The summed E-state index contributed by atoms with van der Waals surface area (Å²) < 4.78 is 5.48. The number of fused-ring (bicyclic) bond motifs is 4. The molecule has 1 unspecified atom stereocenters. The van der Waals surface area contributed by atoms with Gasteiger partial charge in [-0.1, -0.05) is 18.2 Å². The van der Waals surface area contributed by atoms with Gasteiger partial charge in [-0.25, -0.2) is 4.79 Å². The predicted molar refractivity (Wildman–Crippen MR) is 126 cm³/mol. The van der Waals surface area contributed by atoms with Crippen molar-refractivity contribution in [1.82, 2.24) is 20.1 Å². The maximum absolute atomic E-state index is 13.7. The van der Waals surface area contributed by atoms with Gasteiger partial charge in [0.15, 0.2) is 0 Å². The molecular weight excluding hydrogens is 416 g/mol. The van der Waals surface area contributed by atoms with E-state index in [4.69, 9.17) is 4.74 Å². The van der Waals surface area contributed by atoms with Crippen LogP contribution in [0.1, 0.15) is 49.9 Å². The number of urea groups is 1. The minimum atomic E-state index is -0.918. The number of allylic oxidation sites excluding steroid dienone is 2. The van der Waals surface area contributed by atoms with Gasteiger partial charge in [-0.2, -0.15) is 0 Å². The molecule has 2 atom stereocenters. The number of methoxy groups -OCH3 is 1. The Morgan fingerprint density at radius 3 is 2.82 bits per heavy atom. The van der Waals surface area contributed by atoms with Gasteiger partial charge >= 0.3 is 6.03 Å². The Labute approximate surface area is 193 Å². The number of rotatable bonds is 6. The van der Waals surface area contributed by atoms with Gasteiger partial charge in [-0.05, 0) is 61.9 Å². The van der Waals surface area contributed by atoms with Gasteiger partial charge in [-0.15, -0.1) is 0 Å². The smallest absolute Gasteiger partial charge is 0.328 e. The predicted octanol–water partition coefficient (Wildman–Crippen LogP) is 3.83. The molecule has 1 saturated carbocycles. The van der Waals surface area contributed by atoms with Crippen LogP contribution < -0.4 is 10.1 Å². The number of aromatic amines is 1. The number of hydrogen-bond donors (Lipinski definition) is 2. The topological polar surface area (TPSA) is 77.7 Å². The molecule has 7 nitrogen and oxygen atoms in total. The fourth-order valence-electron chi connectivity index (χ4n) is 5.67. The number of carbonyl (C=O) groups is 2. The van der Waals surface area contributed by atoms with Crippen LogP contribution in [0.25, 0.3) is 10.9 Å². The summed E-state index contributed by atoms with van der Waals surface area (Å²) in [5.41, 5.74) is 3.27. The number of amides is 3. The molecule has 2 aliphatic heterocycles. The average Bonchev–Trinajstić information content (AvgIpc) is 3.56. The lowest BCUT2D eigenvalue weighted by molar-refractivity contribution is -0.133. The summed E-state index contributed by atoms with van der Waals surface area (Å²) >= 11 is 0. The lowest BCUT2D eigenvalue weighted by atomic mass is 9.80. The first kappa shape index (κ1) is 20.5. The second-order valence-electron chi connectivity index (χ2n) is 9.80. The third-order valence-electron chi connectivity index (χ3n) is 7.56. The standard InChI is InChI=1S/C26H30N4O3/c1-26-15-20-19-14-18(33-2)10-11-21(19)28-22(20)23(16-6-4-3-5-7-16)30(26)25(32)29(24(26)31)13-12-27-17-8-9-17/h4,6-7,10-11,14,17,23,27-28H,3,5,8-9,12-13,15H2,1-2H3/t23-,26?/m1/s1. The van der Waals surface area contributed by atoms with Gasteiger partial charge < -0.3 is 15.0 Å². The van der Waals surface area contributed by atoms with E-state index in [1.165, 1.54) is 17.7 Å². The minimum absolute atomic E-state index is 0.0987. The van der Waals surface area contributed by atoms with Crippen LogP contribution in [0.5, 0.6) is 5.75 Å². The molecule has 2 fully saturated rings. The number of ether oxygens (including phenoxy) is 1. The number of imide groups is 1. The SMILES string of the molecule is COc1ccc2[nH]c3c(c2c1)CC1(C)C(=O)N(CCNC2CC2)C(=O)N1[C@@H]3C1=CCCC=C1. The Bertz CT molecular complexity index is 1210. The van der Waals surface area contributed by atoms with E-state index < -0.39 is 5.54 Å². The Morgan fingerprint density at radius 2 is 2.09 bits per heavy atom. The van der Waals surface area contributed by atoms with E-state index in [0.29, 0.717) is 25.6 Å². The largest absolute Gasteiger partial charge is 0.497 e. The summed E-state index contributed by atoms with van der Waals surface area (Å²) in [6.45, 7) is 2.98. The van der Waals surface area contributed by atoms with Crippen molar-refractivity contribution in [3.8, 4) is 5.75 Å². The van der Waals surface area contributed by atoms with Gasteiger partial charge in [0, 0.05) is 42.1 Å². The fourth-order valence-corrected chi connectivity index (χ4v) is 5.67. The van der Waals surface area contributed by atoms with Crippen molar-refractivity contribution >= 4 is 22.8 Å². The third-order valence-corrected chi connectivity index (χ3v) is 7.56. The minimum Gasteiger partial charge on any atom is -0.497 e. The van der Waals surface area contributed by atoms with Crippen LogP contribution in [0.2, 0.25) is 0 Å². The van der Waals surface area contributed by atoms with Gasteiger partial charge in [0.05, 0.1) is 13.2 Å². The molecular formula is C26H30N4O3. The van der Waals surface area contributed by atoms with Crippen LogP contribution in [-0.4, -0.2) is 58.5 Å². The molecule has 4 aliphatic rings. The fraction of sp³-hybridized carbons (Fsp3) is 0.462. The summed E-state index contributed by atoms with van der Waals surface area (Å²) in [4.78, 5) is 34.4. The van der Waals surface area contributed by atoms with Crippen molar-refractivity contribution in [2.75, 3.05) is 20.2 Å². The summed E-state index contributed by atoms with van der Waals surface area (Å²) in [7, 11) is 1.66. The molecule has 0 bridgehead atoms. The zero-order valence-corrected chi connectivity index (χ0v) is 19.2. The quantitative estimate of drug-likeness (QED) is 0.662. The number of nitrogens with zero attached hydrogens (tertiary/aromatic N) is 2. The van der Waals surface area contributed by atoms with Crippen molar-refractivity contribution in [3.05, 3.63) is 53.3 Å². The zero-order valence-electron chi connectivity index (χ0n) is 19.2. The lowest BCUT2D eigenvalue weighted by Gasteiger charge is -2.43. The number of carbonyl (C=O) groups excluding carboxylic acids is 2. The van der Waals surface area contributed by atoms with Crippen LogP contribution in [0, 0.1) is 0 Å². The van der Waals surface area contributed by atoms with E-state index in [1.54, 1.807) is 7.11 Å². The van der Waals surface area contributed by atoms with E-state index in [0.717, 1.165) is 46.3 Å². The lowest BCUT2D eigenvalue weighted by Crippen LogP contribution is -2.53. The normalized spacial score (nSPS) is 26.6. The van der Waals surface area contributed by atoms with Crippen molar-refractivity contribution in [1.29, 1.82) is 0 Å². The molecule has 2 aromatic rings. The molecule has 2 N–H and O–H groups in total. The van der Waals surface area contributed by atoms with Crippen LogP contribution in [0.4, 0.5) is 4.79 Å². The molecule has 2 aliphatic carbocycles. The van der Waals surface area contributed by atoms with Crippen LogP contribution in [0.3, 0.4) is 0 Å². The second-order valence-corrected chi connectivity index (χ2v) is 9.80. The van der Waals surface area contributed by atoms with Crippen molar-refractivity contribution in [3.63, 3.8) is 0 Å². The highest BCUT2D eigenvalue weighted by Crippen LogP contribution is 2.49. The summed E-state index contributed by atoms with van der Waals surface area (Å²) in [6.07, 6.45) is 11.3. The maximum Gasteiger partial charge on any atom is 0.328 e. The first-order valence-electron chi connectivity index (χ1n) is 11.9. The summed E-state index contributed by atoms with van der Waals surface area (Å²) in [6, 6.07) is 6.03. The number of nitrogens with one attached hydrogen (secondary N) is 2. The average molecular weight is 447 g/mol. The molecule has 1 saturated heterocycles. The number of hydrogen-bond acceptors (Lipinski definition) is 4. The summed E-state index contributed by atoms with van der Waals surface area (Å²) in [5, 5.41) is 4.49. The summed E-state index contributed by atoms with van der Waals surface area (Å²) in [5.74, 6) is 0.685. The van der Waals surface area contributed by atoms with Crippen molar-refractivity contribution < 1.29 is 14.3 Å². The van der Waals surface area contributed by atoms with Gasteiger partial charge in [0.25, 0.3) is 5.91 Å². The Balaban J connectivity index is 1.46. The van der Waals surface area contributed by atoms with Gasteiger partial charge in [-0.3, -0.25) is 14.6 Å². The van der Waals surface area contributed by atoms with E-state index in [-0.39, 0.29) is 18.0 Å². The first-order valence-corrected chi connectivity index (χ1v) is 11.9. The van der Waals surface area contributed by atoms with Crippen molar-refractivity contribution in [2.45, 2.75) is 56.7 Å². The van der Waals surface area contributed by atoms with Gasteiger partial charge in [0.1, 0.15) is 11.3 Å². The molecule has 1 aromatic carbocycles. The molecule has 3 amide bonds. The van der Waals surface area contributed by atoms with Crippen LogP contribution >= 0.6 is 0 Å². The molecule has 0 radical (unpaired) electrons. The highest BCUT2D eigenvalue weighted by molar-refractivity contribution is 6.08. The maximum atomic E-state index is 13.7. The monoisotopic (exact) mass is 446 g/mol. The Hall–Kier alpha value is -3.06. The molecule has 0 spiro atoms. The molecule has 7 heteroatoms. The number of benzene rings is 1.